The van der Waals surface area contributed by atoms with Crippen LogP contribution in [0.1, 0.15) is 31.6 Å². The van der Waals surface area contributed by atoms with Gasteiger partial charge in [0.2, 0.25) is 5.82 Å². The van der Waals surface area contributed by atoms with Gasteiger partial charge >= 0.3 is 0 Å². The van der Waals surface area contributed by atoms with E-state index in [1.807, 2.05) is 13.0 Å². The second kappa shape index (κ2) is 10.9. The number of halogens is 3. The smallest absolute Gasteiger partial charge is 0.201 e. The largest absolute Gasteiger partial charge is 0.494 e. The predicted octanol–water partition coefficient (Wildman–Crippen LogP) is 7.46. The maximum Gasteiger partial charge on any atom is 0.201 e. The molecule has 3 aromatic carbocycles. The van der Waals surface area contributed by atoms with Crippen molar-refractivity contribution in [3.63, 3.8) is 0 Å². The van der Waals surface area contributed by atoms with Crippen molar-refractivity contribution in [3.8, 4) is 28.0 Å². The molecule has 1 fully saturated rings. The Balaban J connectivity index is 1.46. The van der Waals surface area contributed by atoms with Crippen molar-refractivity contribution in [3.05, 3.63) is 89.8 Å². The van der Waals surface area contributed by atoms with E-state index in [4.69, 9.17) is 14.2 Å². The lowest BCUT2D eigenvalue weighted by Gasteiger charge is -2.29. The van der Waals surface area contributed by atoms with Crippen LogP contribution in [0.15, 0.2) is 66.7 Å². The minimum atomic E-state index is -1.03. The summed E-state index contributed by atoms with van der Waals surface area (Å²) in [5, 5.41) is 0. The molecule has 0 saturated carbocycles. The first-order valence-electron chi connectivity index (χ1n) is 11.3. The van der Waals surface area contributed by atoms with Gasteiger partial charge in [-0.15, -0.1) is 0 Å². The molecule has 1 saturated heterocycles. The molecule has 1 aliphatic heterocycles. The summed E-state index contributed by atoms with van der Waals surface area (Å²) in [5.41, 5.74) is 2.41. The molecular formula is C28H27F3O3. The molecule has 3 aromatic rings. The Morgan fingerprint density at radius 1 is 0.882 bits per heavy atom. The molecule has 0 unspecified atom stereocenters. The molecule has 3 nitrogen and oxygen atoms in total. The molecule has 0 bridgehead atoms. The normalized spacial score (nSPS) is 18.4. The molecule has 0 aliphatic carbocycles. The van der Waals surface area contributed by atoms with Crippen LogP contribution in [0.25, 0.3) is 22.3 Å². The average Bonchev–Trinajstić information content (AvgIpc) is 2.86. The van der Waals surface area contributed by atoms with Crippen LogP contribution >= 0.6 is 0 Å². The van der Waals surface area contributed by atoms with E-state index in [2.05, 4.69) is 6.08 Å². The fourth-order valence-corrected chi connectivity index (χ4v) is 4.04. The lowest BCUT2D eigenvalue weighted by molar-refractivity contribution is -0.207. The Kier molecular flexibility index (Phi) is 7.70. The summed E-state index contributed by atoms with van der Waals surface area (Å²) < 4.78 is 59.7. The molecule has 34 heavy (non-hydrogen) atoms. The third-order valence-electron chi connectivity index (χ3n) is 5.99. The first kappa shape index (κ1) is 24.0. The summed E-state index contributed by atoms with van der Waals surface area (Å²) in [7, 11) is 1.28. The van der Waals surface area contributed by atoms with Gasteiger partial charge in [-0.3, -0.25) is 0 Å². The maximum atomic E-state index is 14.9. The van der Waals surface area contributed by atoms with Gasteiger partial charge in [0.05, 0.1) is 20.3 Å². The highest BCUT2D eigenvalue weighted by atomic mass is 19.2. The molecular weight excluding hydrogens is 441 g/mol. The fourth-order valence-electron chi connectivity index (χ4n) is 4.04. The van der Waals surface area contributed by atoms with Crippen LogP contribution in [-0.4, -0.2) is 20.3 Å². The second-order valence-corrected chi connectivity index (χ2v) is 8.27. The van der Waals surface area contributed by atoms with Crippen molar-refractivity contribution in [2.75, 3.05) is 20.3 Å². The van der Waals surface area contributed by atoms with Gasteiger partial charge in [-0.25, -0.2) is 8.78 Å². The zero-order valence-electron chi connectivity index (χ0n) is 19.2. The average molecular weight is 469 g/mol. The number of methoxy groups -OCH3 is 1. The quantitative estimate of drug-likeness (QED) is 0.337. The van der Waals surface area contributed by atoms with Crippen LogP contribution < -0.4 is 4.74 Å². The fraction of sp³-hybridized carbons (Fsp3) is 0.286. The summed E-state index contributed by atoms with van der Waals surface area (Å²) in [6, 6.07) is 14.6. The lowest BCUT2D eigenvalue weighted by Crippen LogP contribution is -2.27. The molecule has 6 heteroatoms. The van der Waals surface area contributed by atoms with E-state index >= 15 is 0 Å². The number of hydrogen-bond donors (Lipinski definition) is 0. The number of hydrogen-bond acceptors (Lipinski definition) is 3. The van der Waals surface area contributed by atoms with Gasteiger partial charge in [0.15, 0.2) is 17.9 Å². The van der Waals surface area contributed by atoms with Crippen molar-refractivity contribution in [2.24, 2.45) is 5.92 Å². The highest BCUT2D eigenvalue weighted by molar-refractivity contribution is 5.71. The van der Waals surface area contributed by atoms with Crippen molar-refractivity contribution in [2.45, 2.75) is 26.1 Å². The first-order chi connectivity index (χ1) is 16.5. The molecule has 0 spiro atoms. The highest BCUT2D eigenvalue weighted by Crippen LogP contribution is 2.33. The van der Waals surface area contributed by atoms with Crippen LogP contribution in [0.5, 0.6) is 5.75 Å². The summed E-state index contributed by atoms with van der Waals surface area (Å²) in [6.45, 7) is 3.06. The van der Waals surface area contributed by atoms with Crippen LogP contribution in [-0.2, 0) is 9.47 Å². The Morgan fingerprint density at radius 2 is 1.56 bits per heavy atom. The van der Waals surface area contributed by atoms with E-state index in [0.717, 1.165) is 18.4 Å². The third-order valence-corrected chi connectivity index (χ3v) is 5.99. The Labute approximate surface area is 197 Å². The topological polar surface area (TPSA) is 27.7 Å². The van der Waals surface area contributed by atoms with Gasteiger partial charge in [-0.05, 0) is 54.7 Å². The van der Waals surface area contributed by atoms with E-state index in [9.17, 15) is 13.2 Å². The minimum Gasteiger partial charge on any atom is -0.494 e. The predicted molar refractivity (Wildman–Crippen MR) is 126 cm³/mol. The molecule has 0 aromatic heterocycles. The maximum absolute atomic E-state index is 14.9. The first-order valence-corrected chi connectivity index (χ1v) is 11.3. The molecule has 0 N–H and O–H groups in total. The van der Waals surface area contributed by atoms with E-state index in [1.54, 1.807) is 36.4 Å². The summed E-state index contributed by atoms with van der Waals surface area (Å²) in [6.07, 6.45) is 5.36. The van der Waals surface area contributed by atoms with E-state index < -0.39 is 23.7 Å². The lowest BCUT2D eigenvalue weighted by atomic mass is 9.98. The molecule has 0 atom stereocenters. The van der Waals surface area contributed by atoms with E-state index in [-0.39, 0.29) is 11.3 Å². The Bertz CT molecular complexity index is 1150. The van der Waals surface area contributed by atoms with Crippen molar-refractivity contribution < 1.29 is 27.4 Å². The van der Waals surface area contributed by atoms with Crippen LogP contribution in [0, 0.1) is 23.4 Å². The van der Waals surface area contributed by atoms with Crippen LogP contribution in [0.3, 0.4) is 0 Å². The van der Waals surface area contributed by atoms with E-state index in [0.29, 0.717) is 35.8 Å². The minimum absolute atomic E-state index is 0.127. The molecule has 1 aliphatic rings. The summed E-state index contributed by atoms with van der Waals surface area (Å²) >= 11 is 0. The summed E-state index contributed by atoms with van der Waals surface area (Å²) in [5.74, 6) is -2.26. The van der Waals surface area contributed by atoms with Crippen LogP contribution in [0.2, 0.25) is 0 Å². The van der Waals surface area contributed by atoms with Crippen molar-refractivity contribution in [1.29, 1.82) is 0 Å². The summed E-state index contributed by atoms with van der Waals surface area (Å²) in [4.78, 5) is 0. The standard InChI is InChI=1S/C28H27F3O3/c1-3-4-5-6-18-16-33-28(34-17-18)23-12-11-21(15-24(23)29)19-7-9-20(10-8-19)22-13-14-25(32-2)27(31)26(22)30/h3-4,7-15,18,28H,5-6,16-17H2,1-2H3. The monoisotopic (exact) mass is 468 g/mol. The Hall–Kier alpha value is -3.09. The Morgan fingerprint density at radius 3 is 2.21 bits per heavy atom. The van der Waals surface area contributed by atoms with Gasteiger partial charge in [-0.2, -0.15) is 4.39 Å². The number of rotatable bonds is 7. The van der Waals surface area contributed by atoms with E-state index in [1.165, 1.54) is 25.3 Å². The zero-order valence-corrected chi connectivity index (χ0v) is 19.2. The molecule has 4 rings (SSSR count). The number of ether oxygens (including phenoxy) is 3. The molecule has 1 heterocycles. The highest BCUT2D eigenvalue weighted by Gasteiger charge is 2.25. The SMILES string of the molecule is CC=CCCC1COC(c2ccc(-c3ccc(-c4ccc(OC)c(F)c4F)cc3)cc2F)OC1. The second-order valence-electron chi connectivity index (χ2n) is 8.27. The van der Waals surface area contributed by atoms with Gasteiger partial charge in [-0.1, -0.05) is 48.6 Å². The van der Waals surface area contributed by atoms with Crippen LogP contribution in [0.4, 0.5) is 13.2 Å². The van der Waals surface area contributed by atoms with Gasteiger partial charge in [0.25, 0.3) is 0 Å². The van der Waals surface area contributed by atoms with Crippen molar-refractivity contribution in [1.82, 2.24) is 0 Å². The molecule has 0 amide bonds. The van der Waals surface area contributed by atoms with Gasteiger partial charge < -0.3 is 14.2 Å². The molecule has 178 valence electrons. The zero-order chi connectivity index (χ0) is 24.1. The third kappa shape index (κ3) is 5.18. The van der Waals surface area contributed by atoms with Gasteiger partial charge in [0, 0.05) is 17.0 Å². The number of benzene rings is 3. The molecule has 0 radical (unpaired) electrons. The van der Waals surface area contributed by atoms with Crippen molar-refractivity contribution >= 4 is 0 Å². The van der Waals surface area contributed by atoms with Gasteiger partial charge in [0.1, 0.15) is 5.82 Å². The number of allylic oxidation sites excluding steroid dienone is 2.